The molecule has 1 aromatic carbocycles. The van der Waals surface area contributed by atoms with Gasteiger partial charge in [-0.3, -0.25) is 10.1 Å². The summed E-state index contributed by atoms with van der Waals surface area (Å²) in [6, 6.07) is 3.12. The summed E-state index contributed by atoms with van der Waals surface area (Å²) in [5.74, 6) is -0.468. The van der Waals surface area contributed by atoms with Crippen molar-refractivity contribution in [2.45, 2.75) is 5.88 Å². The minimum atomic E-state index is -0.722. The molecule has 0 bridgehead atoms. The predicted octanol–water partition coefficient (Wildman–Crippen LogP) is 3.13. The van der Waals surface area contributed by atoms with Gasteiger partial charge >= 0.3 is 0 Å². The molecule has 0 radical (unpaired) electrons. The zero-order valence-corrected chi connectivity index (χ0v) is 9.15. The van der Waals surface area contributed by atoms with Gasteiger partial charge in [-0.2, -0.15) is 0 Å². The summed E-state index contributed by atoms with van der Waals surface area (Å²) in [6.45, 7) is 0. The molecule has 7 heteroatoms. The van der Waals surface area contributed by atoms with E-state index >= 15 is 0 Å². The Morgan fingerprint density at radius 3 is 2.82 bits per heavy atom. The van der Waals surface area contributed by atoms with Crippen LogP contribution in [0.25, 0.3) is 11.5 Å². The first kappa shape index (κ1) is 11.5. The van der Waals surface area contributed by atoms with Crippen molar-refractivity contribution in [2.24, 2.45) is 0 Å². The van der Waals surface area contributed by atoms with Crippen LogP contribution in [0.15, 0.2) is 28.9 Å². The molecule has 88 valence electrons. The predicted molar refractivity (Wildman–Crippen MR) is 58.1 cm³/mol. The molecule has 0 atom stereocenters. The molecule has 0 N–H and O–H groups in total. The topological polar surface area (TPSA) is 69.2 Å². The monoisotopic (exact) mass is 256 g/mol. The minimum Gasteiger partial charge on any atom is -0.444 e. The quantitative estimate of drug-likeness (QED) is 0.481. The van der Waals surface area contributed by atoms with Gasteiger partial charge in [0, 0.05) is 11.6 Å². The molecule has 1 heterocycles. The van der Waals surface area contributed by atoms with Crippen molar-refractivity contribution in [2.75, 3.05) is 0 Å². The number of aromatic nitrogens is 1. The maximum Gasteiger partial charge on any atom is 0.273 e. The Morgan fingerprint density at radius 2 is 2.24 bits per heavy atom. The van der Waals surface area contributed by atoms with Crippen LogP contribution in [0.4, 0.5) is 10.1 Å². The summed E-state index contributed by atoms with van der Waals surface area (Å²) >= 11 is 5.54. The summed E-state index contributed by atoms with van der Waals surface area (Å²) in [4.78, 5) is 13.8. The van der Waals surface area contributed by atoms with Crippen LogP contribution in [0.5, 0.6) is 0 Å². The highest BCUT2D eigenvalue weighted by molar-refractivity contribution is 6.16. The number of non-ortho nitro benzene ring substituents is 1. The molecule has 2 rings (SSSR count). The second-order valence-corrected chi connectivity index (χ2v) is 3.50. The maximum absolute atomic E-state index is 13.2. The van der Waals surface area contributed by atoms with Gasteiger partial charge in [-0.15, -0.1) is 11.6 Å². The van der Waals surface area contributed by atoms with E-state index in [4.69, 9.17) is 16.0 Å². The van der Waals surface area contributed by atoms with E-state index in [2.05, 4.69) is 4.98 Å². The molecule has 0 fully saturated rings. The van der Waals surface area contributed by atoms with Crippen molar-refractivity contribution >= 4 is 17.3 Å². The second-order valence-electron chi connectivity index (χ2n) is 3.23. The number of alkyl halides is 1. The normalized spacial score (nSPS) is 10.5. The van der Waals surface area contributed by atoms with Crippen LogP contribution in [0, 0.1) is 15.9 Å². The number of rotatable bonds is 3. The van der Waals surface area contributed by atoms with E-state index in [0.29, 0.717) is 5.69 Å². The minimum absolute atomic E-state index is 0.100. The van der Waals surface area contributed by atoms with Gasteiger partial charge in [0.25, 0.3) is 5.69 Å². The Balaban J connectivity index is 2.47. The molecule has 1 aromatic heterocycles. The van der Waals surface area contributed by atoms with Crippen LogP contribution in [0.2, 0.25) is 0 Å². The van der Waals surface area contributed by atoms with Gasteiger partial charge in [0.15, 0.2) is 0 Å². The van der Waals surface area contributed by atoms with Gasteiger partial charge in [0.2, 0.25) is 5.89 Å². The molecule has 0 aliphatic rings. The first-order valence-electron chi connectivity index (χ1n) is 4.56. The Hall–Kier alpha value is -1.95. The van der Waals surface area contributed by atoms with E-state index in [9.17, 15) is 14.5 Å². The summed E-state index contributed by atoms with van der Waals surface area (Å²) in [6.07, 6.45) is 1.32. The van der Waals surface area contributed by atoms with Crippen molar-refractivity contribution in [3.05, 3.63) is 46.1 Å². The fraction of sp³-hybridized carbons (Fsp3) is 0.100. The van der Waals surface area contributed by atoms with E-state index < -0.39 is 10.7 Å². The van der Waals surface area contributed by atoms with Crippen LogP contribution in [-0.2, 0) is 5.88 Å². The number of oxazole rings is 1. The highest BCUT2D eigenvalue weighted by Gasteiger charge is 2.14. The summed E-state index contributed by atoms with van der Waals surface area (Å²) in [7, 11) is 0. The molecular weight excluding hydrogens is 251 g/mol. The van der Waals surface area contributed by atoms with E-state index in [1.54, 1.807) is 0 Å². The molecular formula is C10H6ClFN2O3. The number of halogens is 2. The molecule has 17 heavy (non-hydrogen) atoms. The van der Waals surface area contributed by atoms with Crippen LogP contribution in [0.3, 0.4) is 0 Å². The first-order chi connectivity index (χ1) is 8.10. The zero-order chi connectivity index (χ0) is 12.4. The van der Waals surface area contributed by atoms with Gasteiger partial charge in [0.1, 0.15) is 12.1 Å². The largest absolute Gasteiger partial charge is 0.444 e. The number of hydrogen-bond acceptors (Lipinski definition) is 4. The third-order valence-corrected chi connectivity index (χ3v) is 2.30. The van der Waals surface area contributed by atoms with Crippen molar-refractivity contribution in [1.29, 1.82) is 0 Å². The third kappa shape index (κ3) is 2.42. The molecule has 2 aromatic rings. The fourth-order valence-corrected chi connectivity index (χ4v) is 1.43. The van der Waals surface area contributed by atoms with E-state index in [1.807, 2.05) is 0 Å². The van der Waals surface area contributed by atoms with Crippen molar-refractivity contribution < 1.29 is 13.7 Å². The van der Waals surface area contributed by atoms with Gasteiger partial charge in [-0.25, -0.2) is 9.37 Å². The molecule has 0 unspecified atom stereocenters. The number of nitro benzene ring substituents is 1. The molecule has 0 aliphatic heterocycles. The lowest BCUT2D eigenvalue weighted by Crippen LogP contribution is -1.90. The van der Waals surface area contributed by atoms with Crippen molar-refractivity contribution in [1.82, 2.24) is 4.98 Å². The van der Waals surface area contributed by atoms with E-state index in [1.165, 1.54) is 12.3 Å². The average Bonchev–Trinajstić information content (AvgIpc) is 2.76. The Bertz CT molecular complexity index is 570. The number of benzene rings is 1. The zero-order valence-electron chi connectivity index (χ0n) is 8.39. The lowest BCUT2D eigenvalue weighted by molar-refractivity contribution is -0.385. The molecule has 0 saturated heterocycles. The number of nitrogens with zero attached hydrogens (tertiary/aromatic N) is 2. The van der Waals surface area contributed by atoms with Crippen LogP contribution < -0.4 is 0 Å². The lowest BCUT2D eigenvalue weighted by Gasteiger charge is -1.96. The van der Waals surface area contributed by atoms with E-state index in [-0.39, 0.29) is 23.0 Å². The summed E-state index contributed by atoms with van der Waals surface area (Å²) in [5, 5.41) is 10.6. The third-order valence-electron chi connectivity index (χ3n) is 2.03. The number of nitro groups is 1. The molecule has 0 saturated carbocycles. The van der Waals surface area contributed by atoms with Crippen LogP contribution in [-0.4, -0.2) is 9.91 Å². The molecule has 5 nitrogen and oxygen atoms in total. The molecule has 0 amide bonds. The second kappa shape index (κ2) is 4.50. The smallest absolute Gasteiger partial charge is 0.273 e. The Labute approximate surface area is 100.0 Å². The average molecular weight is 257 g/mol. The van der Waals surface area contributed by atoms with Crippen LogP contribution >= 0.6 is 11.6 Å². The van der Waals surface area contributed by atoms with E-state index in [0.717, 1.165) is 12.1 Å². The van der Waals surface area contributed by atoms with Crippen molar-refractivity contribution in [3.63, 3.8) is 0 Å². The molecule has 0 spiro atoms. The Kier molecular flexibility index (Phi) is 3.06. The van der Waals surface area contributed by atoms with Gasteiger partial charge < -0.3 is 4.42 Å². The lowest BCUT2D eigenvalue weighted by atomic mass is 10.2. The van der Waals surface area contributed by atoms with Crippen molar-refractivity contribution in [3.8, 4) is 11.5 Å². The van der Waals surface area contributed by atoms with Crippen LogP contribution in [0.1, 0.15) is 5.69 Å². The summed E-state index contributed by atoms with van der Waals surface area (Å²) < 4.78 is 18.2. The molecule has 0 aliphatic carbocycles. The van der Waals surface area contributed by atoms with Gasteiger partial charge in [-0.05, 0) is 6.07 Å². The fourth-order valence-electron chi connectivity index (χ4n) is 1.30. The summed E-state index contributed by atoms with van der Waals surface area (Å²) in [5.41, 5.74) is 0.326. The highest BCUT2D eigenvalue weighted by atomic mass is 35.5. The standard InChI is InChI=1S/C10H6ClFN2O3/c11-4-8-5-17-10(13-8)6-1-7(12)3-9(2-6)14(15)16/h1-3,5H,4H2. The number of hydrogen-bond donors (Lipinski definition) is 0. The van der Waals surface area contributed by atoms with Gasteiger partial charge in [0.05, 0.1) is 22.6 Å². The van der Waals surface area contributed by atoms with Gasteiger partial charge in [-0.1, -0.05) is 0 Å². The SMILES string of the molecule is O=[N+]([O-])c1cc(F)cc(-c2nc(CCl)co2)c1. The Morgan fingerprint density at radius 1 is 1.47 bits per heavy atom. The first-order valence-corrected chi connectivity index (χ1v) is 5.09. The highest BCUT2D eigenvalue weighted by Crippen LogP contribution is 2.25. The maximum atomic E-state index is 13.2.